The molecular formula is C11H16N2O. The number of hydrogen-bond donors (Lipinski definition) is 1. The lowest BCUT2D eigenvalue weighted by molar-refractivity contribution is 0.282. The SMILES string of the molecule is CC(C)c1cnc2c(c1)OCC2(C)N. The molecule has 1 unspecified atom stereocenters. The molecule has 1 aliphatic rings. The van der Waals surface area contributed by atoms with Gasteiger partial charge in [0, 0.05) is 6.20 Å². The van der Waals surface area contributed by atoms with Crippen molar-refractivity contribution < 1.29 is 4.74 Å². The van der Waals surface area contributed by atoms with Crippen LogP contribution in [0, 0.1) is 0 Å². The molecule has 76 valence electrons. The molecule has 0 spiro atoms. The minimum Gasteiger partial charge on any atom is -0.489 e. The number of ether oxygens (including phenoxy) is 1. The molecule has 0 aromatic carbocycles. The Balaban J connectivity index is 2.44. The van der Waals surface area contributed by atoms with Gasteiger partial charge < -0.3 is 10.5 Å². The van der Waals surface area contributed by atoms with E-state index in [1.54, 1.807) is 0 Å². The van der Waals surface area contributed by atoms with E-state index in [1.165, 1.54) is 5.56 Å². The van der Waals surface area contributed by atoms with Crippen molar-refractivity contribution in [2.75, 3.05) is 6.61 Å². The topological polar surface area (TPSA) is 48.1 Å². The highest BCUT2D eigenvalue weighted by Crippen LogP contribution is 2.34. The molecule has 14 heavy (non-hydrogen) atoms. The second-order valence-electron chi connectivity index (χ2n) is 4.48. The Labute approximate surface area is 84.3 Å². The summed E-state index contributed by atoms with van der Waals surface area (Å²) in [6.07, 6.45) is 1.89. The van der Waals surface area contributed by atoms with Crippen molar-refractivity contribution in [3.8, 4) is 5.75 Å². The van der Waals surface area contributed by atoms with Crippen molar-refractivity contribution in [2.45, 2.75) is 32.2 Å². The van der Waals surface area contributed by atoms with E-state index in [0.717, 1.165) is 11.4 Å². The summed E-state index contributed by atoms with van der Waals surface area (Å²) in [5, 5.41) is 0. The fraction of sp³-hybridized carbons (Fsp3) is 0.545. The molecule has 2 heterocycles. The largest absolute Gasteiger partial charge is 0.489 e. The molecule has 1 aromatic rings. The van der Waals surface area contributed by atoms with Crippen molar-refractivity contribution in [1.29, 1.82) is 0 Å². The highest BCUT2D eigenvalue weighted by Gasteiger charge is 2.34. The smallest absolute Gasteiger partial charge is 0.143 e. The van der Waals surface area contributed by atoms with E-state index in [1.807, 2.05) is 19.2 Å². The molecule has 0 aliphatic carbocycles. The summed E-state index contributed by atoms with van der Waals surface area (Å²) in [4.78, 5) is 4.38. The highest BCUT2D eigenvalue weighted by molar-refractivity contribution is 5.40. The van der Waals surface area contributed by atoms with Crippen LogP contribution in [0.2, 0.25) is 0 Å². The van der Waals surface area contributed by atoms with Crippen LogP contribution in [0.25, 0.3) is 0 Å². The Morgan fingerprint density at radius 2 is 2.29 bits per heavy atom. The summed E-state index contributed by atoms with van der Waals surface area (Å²) in [6, 6.07) is 2.05. The van der Waals surface area contributed by atoms with Crippen molar-refractivity contribution in [1.82, 2.24) is 4.98 Å². The second-order valence-corrected chi connectivity index (χ2v) is 4.48. The first-order chi connectivity index (χ1) is 6.50. The van der Waals surface area contributed by atoms with Crippen LogP contribution < -0.4 is 10.5 Å². The minimum absolute atomic E-state index is 0.426. The summed E-state index contributed by atoms with van der Waals surface area (Å²) in [5.41, 5.74) is 7.67. The van der Waals surface area contributed by atoms with Crippen LogP contribution in [-0.2, 0) is 5.54 Å². The number of rotatable bonds is 1. The number of pyridine rings is 1. The van der Waals surface area contributed by atoms with Gasteiger partial charge in [-0.25, -0.2) is 0 Å². The van der Waals surface area contributed by atoms with E-state index in [4.69, 9.17) is 10.5 Å². The minimum atomic E-state index is -0.426. The quantitative estimate of drug-likeness (QED) is 0.737. The molecule has 3 heteroatoms. The van der Waals surface area contributed by atoms with Crippen LogP contribution >= 0.6 is 0 Å². The molecule has 1 atom stereocenters. The number of nitrogens with zero attached hydrogens (tertiary/aromatic N) is 1. The zero-order chi connectivity index (χ0) is 10.3. The lowest BCUT2D eigenvalue weighted by Crippen LogP contribution is -2.35. The third-order valence-electron chi connectivity index (χ3n) is 2.61. The fourth-order valence-electron chi connectivity index (χ4n) is 1.61. The standard InChI is InChI=1S/C11H16N2O/c1-7(2)8-4-9-10(13-5-8)11(3,12)6-14-9/h4-5,7H,6,12H2,1-3H3. The average Bonchev–Trinajstić information content (AvgIpc) is 2.42. The average molecular weight is 192 g/mol. The maximum absolute atomic E-state index is 6.03. The predicted molar refractivity (Wildman–Crippen MR) is 55.4 cm³/mol. The van der Waals surface area contributed by atoms with Gasteiger partial charge in [0.25, 0.3) is 0 Å². The molecule has 2 rings (SSSR count). The van der Waals surface area contributed by atoms with Crippen molar-refractivity contribution in [2.24, 2.45) is 5.73 Å². The fourth-order valence-corrected chi connectivity index (χ4v) is 1.61. The molecule has 0 saturated heterocycles. The third-order valence-corrected chi connectivity index (χ3v) is 2.61. The van der Waals surface area contributed by atoms with Crippen LogP contribution in [0.4, 0.5) is 0 Å². The van der Waals surface area contributed by atoms with Gasteiger partial charge in [0.05, 0.1) is 5.54 Å². The normalized spacial score (nSPS) is 24.9. The monoisotopic (exact) mass is 192 g/mol. The first-order valence-corrected chi connectivity index (χ1v) is 4.93. The first-order valence-electron chi connectivity index (χ1n) is 4.93. The summed E-state index contributed by atoms with van der Waals surface area (Å²) >= 11 is 0. The van der Waals surface area contributed by atoms with E-state index < -0.39 is 5.54 Å². The van der Waals surface area contributed by atoms with Crippen LogP contribution in [0.3, 0.4) is 0 Å². The van der Waals surface area contributed by atoms with Crippen molar-refractivity contribution in [3.63, 3.8) is 0 Å². The Bertz CT molecular complexity index is 358. The van der Waals surface area contributed by atoms with E-state index >= 15 is 0 Å². The molecular weight excluding hydrogens is 176 g/mol. The Morgan fingerprint density at radius 1 is 1.57 bits per heavy atom. The van der Waals surface area contributed by atoms with E-state index in [2.05, 4.69) is 18.8 Å². The molecule has 0 amide bonds. The van der Waals surface area contributed by atoms with Crippen LogP contribution in [0.15, 0.2) is 12.3 Å². The van der Waals surface area contributed by atoms with E-state index in [9.17, 15) is 0 Å². The van der Waals surface area contributed by atoms with Gasteiger partial charge in [0.15, 0.2) is 0 Å². The molecule has 0 saturated carbocycles. The molecule has 0 fully saturated rings. The number of hydrogen-bond acceptors (Lipinski definition) is 3. The van der Waals surface area contributed by atoms with Crippen LogP contribution in [-0.4, -0.2) is 11.6 Å². The summed E-state index contributed by atoms with van der Waals surface area (Å²) in [7, 11) is 0. The molecule has 1 aliphatic heterocycles. The van der Waals surface area contributed by atoms with E-state index in [-0.39, 0.29) is 0 Å². The Kier molecular flexibility index (Phi) is 2.00. The molecule has 3 nitrogen and oxygen atoms in total. The molecule has 0 radical (unpaired) electrons. The van der Waals surface area contributed by atoms with Gasteiger partial charge >= 0.3 is 0 Å². The lowest BCUT2D eigenvalue weighted by Gasteiger charge is -2.14. The van der Waals surface area contributed by atoms with Gasteiger partial charge in [-0.15, -0.1) is 0 Å². The predicted octanol–water partition coefficient (Wildman–Crippen LogP) is 1.77. The Morgan fingerprint density at radius 3 is 2.93 bits per heavy atom. The second kappa shape index (κ2) is 2.95. The maximum atomic E-state index is 6.03. The van der Waals surface area contributed by atoms with Crippen LogP contribution in [0.1, 0.15) is 37.9 Å². The molecule has 0 bridgehead atoms. The Hall–Kier alpha value is -1.09. The summed E-state index contributed by atoms with van der Waals surface area (Å²) in [5.74, 6) is 1.32. The zero-order valence-electron chi connectivity index (χ0n) is 8.87. The number of aromatic nitrogens is 1. The van der Waals surface area contributed by atoms with Crippen LogP contribution in [0.5, 0.6) is 5.75 Å². The third kappa shape index (κ3) is 1.38. The van der Waals surface area contributed by atoms with Gasteiger partial charge in [-0.2, -0.15) is 0 Å². The van der Waals surface area contributed by atoms with Gasteiger partial charge in [-0.05, 0) is 24.5 Å². The van der Waals surface area contributed by atoms with Gasteiger partial charge in [0.2, 0.25) is 0 Å². The van der Waals surface area contributed by atoms with E-state index in [0.29, 0.717) is 12.5 Å². The maximum Gasteiger partial charge on any atom is 0.143 e. The van der Waals surface area contributed by atoms with Crippen molar-refractivity contribution >= 4 is 0 Å². The lowest BCUT2D eigenvalue weighted by atomic mass is 9.99. The van der Waals surface area contributed by atoms with Crippen molar-refractivity contribution in [3.05, 3.63) is 23.5 Å². The van der Waals surface area contributed by atoms with Gasteiger partial charge in [-0.1, -0.05) is 13.8 Å². The van der Waals surface area contributed by atoms with Gasteiger partial charge in [-0.3, -0.25) is 4.98 Å². The summed E-state index contributed by atoms with van der Waals surface area (Å²) < 4.78 is 5.52. The first kappa shape index (κ1) is 9.46. The molecule has 2 N–H and O–H groups in total. The molecule has 1 aromatic heterocycles. The zero-order valence-corrected chi connectivity index (χ0v) is 8.87. The highest BCUT2D eigenvalue weighted by atomic mass is 16.5. The van der Waals surface area contributed by atoms with Gasteiger partial charge in [0.1, 0.15) is 18.1 Å². The summed E-state index contributed by atoms with van der Waals surface area (Å²) in [6.45, 7) is 6.75. The number of nitrogens with two attached hydrogens (primary N) is 1. The number of fused-ring (bicyclic) bond motifs is 1.